The Hall–Kier alpha value is -6.07. The maximum atomic E-state index is 14.0. The number of hydrogen-bond acceptors (Lipinski definition) is 12. The molecule has 0 aromatic heterocycles. The van der Waals surface area contributed by atoms with Crippen LogP contribution in [0.4, 0.5) is 0 Å². The molecule has 10 amide bonds. The van der Waals surface area contributed by atoms with Crippen LogP contribution >= 0.6 is 0 Å². The number of nitrogens with zero attached hydrogens (tertiary/aromatic N) is 2. The number of nitrogens with two attached hydrogens (primary N) is 2. The lowest BCUT2D eigenvalue weighted by molar-refractivity contribution is -0.138. The van der Waals surface area contributed by atoms with Gasteiger partial charge in [0.05, 0.1) is 19.2 Å². The van der Waals surface area contributed by atoms with E-state index in [1.54, 1.807) is 62.3 Å². The summed E-state index contributed by atoms with van der Waals surface area (Å²) in [5.74, 6) is -8.32. The minimum Gasteiger partial charge on any atom is -0.391 e. The standard InChI is InChI=1S/C45H83N13O11/c1-13-19-30(40(65)55-35(25(8)14-2)42(67)53-31(20-18-21-49-45(46)47)39(64)51-29(16-4)38(63)48-17-5)52-44(69)37(27(10)59)57-43(68)36(26(9)15-3)56-41(66)34(24(6)7)54-32(61)22-50-33(62)23-58(12)28(11)60/h24-27,29-31,34-37,59H,13-23H2,1-12H3,(H,48,63)(H,50,62)(H,51,64)(H,52,69)(H,53,67)(H,54,61)(H,55,65)(H,56,66)(H,57,68)(H4,46,47,49)/t25-,26-,27+,29-,30-,31-,34-,35-,36+,37-/m0/s1. The Morgan fingerprint density at radius 3 is 1.48 bits per heavy atom. The maximum Gasteiger partial charge on any atom is 0.245 e. The Bertz CT molecular complexity index is 1760. The maximum absolute atomic E-state index is 14.0. The molecule has 0 aromatic carbocycles. The molecular formula is C45H83N13O11. The van der Waals surface area contributed by atoms with E-state index in [4.69, 9.17) is 11.5 Å². The quantitative estimate of drug-likeness (QED) is 0.0189. The molecule has 0 saturated carbocycles. The average Bonchev–Trinajstić information content (AvgIpc) is 3.28. The third kappa shape index (κ3) is 23.2. The van der Waals surface area contributed by atoms with Crippen molar-refractivity contribution < 1.29 is 53.1 Å². The largest absolute Gasteiger partial charge is 0.391 e. The number of carbonyl (C=O) groups is 10. The zero-order valence-electron chi connectivity index (χ0n) is 42.7. The van der Waals surface area contributed by atoms with Gasteiger partial charge in [0.15, 0.2) is 5.96 Å². The van der Waals surface area contributed by atoms with E-state index in [1.165, 1.54) is 20.9 Å². The number of nitrogens with one attached hydrogen (secondary N) is 9. The molecular weight excluding hydrogens is 899 g/mol. The molecule has 0 heterocycles. The Kier molecular flexibility index (Phi) is 29.8. The summed E-state index contributed by atoms with van der Waals surface area (Å²) in [7, 11) is 1.42. The number of aliphatic hydroxyl groups is 1. The van der Waals surface area contributed by atoms with Crippen molar-refractivity contribution in [1.29, 1.82) is 0 Å². The van der Waals surface area contributed by atoms with Crippen LogP contribution in [0.2, 0.25) is 0 Å². The summed E-state index contributed by atoms with van der Waals surface area (Å²) in [4.78, 5) is 137. The van der Waals surface area contributed by atoms with Gasteiger partial charge in [-0.15, -0.1) is 0 Å². The van der Waals surface area contributed by atoms with Crippen molar-refractivity contribution in [3.8, 4) is 0 Å². The summed E-state index contributed by atoms with van der Waals surface area (Å²) in [6.07, 6.45) is 0.357. The van der Waals surface area contributed by atoms with Gasteiger partial charge in [-0.25, -0.2) is 0 Å². The molecule has 24 nitrogen and oxygen atoms in total. The Labute approximate surface area is 406 Å². The number of amides is 10. The normalized spacial score (nSPS) is 15.3. The summed E-state index contributed by atoms with van der Waals surface area (Å²) in [5.41, 5.74) is 10.9. The fraction of sp³-hybridized carbons (Fsp3) is 0.756. The summed E-state index contributed by atoms with van der Waals surface area (Å²) in [6.45, 7) is 17.7. The van der Waals surface area contributed by atoms with E-state index in [1.807, 2.05) is 0 Å². The second kappa shape index (κ2) is 32.6. The topological polar surface area (TPSA) is 367 Å². The first-order chi connectivity index (χ1) is 32.3. The van der Waals surface area contributed by atoms with E-state index in [0.717, 1.165) is 4.90 Å². The molecule has 0 aliphatic carbocycles. The van der Waals surface area contributed by atoms with Crippen molar-refractivity contribution in [2.75, 3.05) is 33.2 Å². The number of rotatable bonds is 32. The van der Waals surface area contributed by atoms with E-state index >= 15 is 0 Å². The van der Waals surface area contributed by atoms with E-state index in [-0.39, 0.29) is 50.6 Å². The molecule has 0 aliphatic heterocycles. The molecule has 24 heteroatoms. The Morgan fingerprint density at radius 1 is 0.551 bits per heavy atom. The Balaban J connectivity index is 6.35. The molecule has 0 spiro atoms. The minimum absolute atomic E-state index is 0.0722. The van der Waals surface area contributed by atoms with Crippen molar-refractivity contribution in [3.63, 3.8) is 0 Å². The van der Waals surface area contributed by atoms with Crippen molar-refractivity contribution in [2.45, 2.75) is 170 Å². The van der Waals surface area contributed by atoms with Gasteiger partial charge in [-0.2, -0.15) is 0 Å². The van der Waals surface area contributed by atoms with Gasteiger partial charge in [0, 0.05) is 27.1 Å². The highest BCUT2D eigenvalue weighted by atomic mass is 16.3. The monoisotopic (exact) mass is 982 g/mol. The summed E-state index contributed by atoms with van der Waals surface area (Å²) < 4.78 is 0. The number of carbonyl (C=O) groups excluding carboxylic acids is 10. The van der Waals surface area contributed by atoms with Gasteiger partial charge in [0.25, 0.3) is 0 Å². The lowest BCUT2D eigenvalue weighted by Gasteiger charge is -2.31. The van der Waals surface area contributed by atoms with Crippen LogP contribution in [0.15, 0.2) is 4.99 Å². The van der Waals surface area contributed by atoms with E-state index in [9.17, 15) is 53.1 Å². The molecule has 394 valence electrons. The van der Waals surface area contributed by atoms with Crippen LogP contribution in [0.3, 0.4) is 0 Å². The molecule has 10 atom stereocenters. The highest BCUT2D eigenvalue weighted by Gasteiger charge is 2.37. The predicted molar refractivity (Wildman–Crippen MR) is 259 cm³/mol. The summed E-state index contributed by atoms with van der Waals surface area (Å²) in [5, 5.41) is 34.3. The summed E-state index contributed by atoms with van der Waals surface area (Å²) in [6, 6.07) is -8.57. The highest BCUT2D eigenvalue weighted by molar-refractivity contribution is 5.98. The first-order valence-electron chi connectivity index (χ1n) is 23.9. The van der Waals surface area contributed by atoms with Crippen LogP contribution in [-0.2, 0) is 47.9 Å². The van der Waals surface area contributed by atoms with Crippen LogP contribution in [-0.4, -0.2) is 157 Å². The second-order valence-electron chi connectivity index (χ2n) is 17.6. The van der Waals surface area contributed by atoms with Crippen LogP contribution in [0.25, 0.3) is 0 Å². The Morgan fingerprint density at radius 2 is 1.01 bits per heavy atom. The van der Waals surface area contributed by atoms with Crippen LogP contribution in [0.5, 0.6) is 0 Å². The van der Waals surface area contributed by atoms with Crippen molar-refractivity contribution in [2.24, 2.45) is 34.2 Å². The zero-order valence-corrected chi connectivity index (χ0v) is 42.7. The lowest BCUT2D eigenvalue weighted by Crippen LogP contribution is -2.63. The fourth-order valence-electron chi connectivity index (χ4n) is 6.65. The van der Waals surface area contributed by atoms with Crippen molar-refractivity contribution >= 4 is 65.0 Å². The molecule has 0 rings (SSSR count). The van der Waals surface area contributed by atoms with Gasteiger partial charge in [-0.05, 0) is 57.3 Å². The first kappa shape index (κ1) is 62.9. The number of hydrogen-bond donors (Lipinski definition) is 12. The lowest BCUT2D eigenvalue weighted by atomic mass is 9.95. The molecule has 0 radical (unpaired) electrons. The van der Waals surface area contributed by atoms with Crippen molar-refractivity contribution in [3.05, 3.63) is 0 Å². The smallest absolute Gasteiger partial charge is 0.245 e. The molecule has 0 unspecified atom stereocenters. The number of guanidine groups is 1. The van der Waals surface area contributed by atoms with Gasteiger partial charge >= 0.3 is 0 Å². The van der Waals surface area contributed by atoms with Crippen LogP contribution in [0, 0.1) is 17.8 Å². The summed E-state index contributed by atoms with van der Waals surface area (Å²) >= 11 is 0. The molecule has 69 heavy (non-hydrogen) atoms. The molecule has 0 saturated heterocycles. The van der Waals surface area contributed by atoms with Gasteiger partial charge in [-0.3, -0.25) is 52.9 Å². The molecule has 0 aromatic rings. The first-order valence-corrected chi connectivity index (χ1v) is 23.9. The number of aliphatic hydroxyl groups excluding tert-OH is 1. The molecule has 0 fully saturated rings. The van der Waals surface area contributed by atoms with Gasteiger partial charge < -0.3 is 69.3 Å². The third-order valence-corrected chi connectivity index (χ3v) is 11.5. The second-order valence-corrected chi connectivity index (χ2v) is 17.6. The highest BCUT2D eigenvalue weighted by Crippen LogP contribution is 2.14. The van der Waals surface area contributed by atoms with E-state index < -0.39 is 126 Å². The van der Waals surface area contributed by atoms with Gasteiger partial charge in [0.1, 0.15) is 42.3 Å². The van der Waals surface area contributed by atoms with Gasteiger partial charge in [0.2, 0.25) is 59.1 Å². The van der Waals surface area contributed by atoms with Crippen LogP contribution in [0.1, 0.15) is 121 Å². The van der Waals surface area contributed by atoms with E-state index in [0.29, 0.717) is 25.8 Å². The molecule has 0 aliphatic rings. The zero-order chi connectivity index (χ0) is 53.1. The molecule has 0 bridgehead atoms. The average molecular weight is 982 g/mol. The number of likely N-dealkylation sites (N-methyl/N-ethyl adjacent to an activating group) is 2. The number of aliphatic imine (C=N–C) groups is 1. The molecule has 14 N–H and O–H groups in total. The van der Waals surface area contributed by atoms with Gasteiger partial charge in [-0.1, -0.05) is 74.7 Å². The van der Waals surface area contributed by atoms with E-state index in [2.05, 4.69) is 52.8 Å². The third-order valence-electron chi connectivity index (χ3n) is 11.5. The fourth-order valence-corrected chi connectivity index (χ4v) is 6.65. The van der Waals surface area contributed by atoms with Crippen LogP contribution < -0.4 is 59.3 Å². The SMILES string of the molecule is CCC[C@H](NC(=O)[C@@H](NC(=O)[C@H](NC(=O)[C@@H](NC(=O)CNC(=O)CN(C)C(C)=O)C(C)C)[C@@H](C)CC)[C@@H](C)O)C(=O)N[C@H](C(=O)N[C@@H](CCCN=C(N)N)C(=O)N[C@@H](CC)C(=O)NCC)[C@@H](C)CC. The van der Waals surface area contributed by atoms with Crippen molar-refractivity contribution in [1.82, 2.24) is 52.8 Å². The minimum atomic E-state index is -1.63. The predicted octanol–water partition coefficient (Wildman–Crippen LogP) is -2.50.